The fourth-order valence-electron chi connectivity index (χ4n) is 3.54. The Labute approximate surface area is 192 Å². The lowest BCUT2D eigenvalue weighted by molar-refractivity contribution is -0.125. The highest BCUT2D eigenvalue weighted by molar-refractivity contribution is 6.01. The van der Waals surface area contributed by atoms with Crippen molar-refractivity contribution in [3.8, 4) is 17.2 Å². The molecule has 3 aromatic rings. The Bertz CT molecular complexity index is 1130. The first-order valence-corrected chi connectivity index (χ1v) is 10.8. The fourth-order valence-corrected chi connectivity index (χ4v) is 3.54. The molecule has 7 heteroatoms. The molecule has 0 saturated heterocycles. The van der Waals surface area contributed by atoms with Crippen LogP contribution in [0, 0.1) is 6.92 Å². The minimum absolute atomic E-state index is 0.123. The van der Waals surface area contributed by atoms with E-state index in [1.807, 2.05) is 49.4 Å². The molecule has 0 aromatic heterocycles. The van der Waals surface area contributed by atoms with Gasteiger partial charge >= 0.3 is 0 Å². The zero-order valence-electron chi connectivity index (χ0n) is 18.6. The second-order valence-corrected chi connectivity index (χ2v) is 7.75. The van der Waals surface area contributed by atoms with E-state index in [0.717, 1.165) is 11.3 Å². The van der Waals surface area contributed by atoms with Crippen molar-refractivity contribution >= 4 is 23.2 Å². The number of hydrogen-bond acceptors (Lipinski definition) is 5. The summed E-state index contributed by atoms with van der Waals surface area (Å²) >= 11 is 0. The zero-order valence-corrected chi connectivity index (χ0v) is 18.6. The van der Waals surface area contributed by atoms with Crippen LogP contribution in [0.4, 0.5) is 11.4 Å². The first-order valence-electron chi connectivity index (χ1n) is 10.8. The molecule has 0 fully saturated rings. The lowest BCUT2D eigenvalue weighted by Gasteiger charge is -2.33. The quantitative estimate of drug-likeness (QED) is 0.561. The summed E-state index contributed by atoms with van der Waals surface area (Å²) in [7, 11) is 0. The van der Waals surface area contributed by atoms with Crippen molar-refractivity contribution < 1.29 is 23.8 Å². The van der Waals surface area contributed by atoms with Gasteiger partial charge in [-0.1, -0.05) is 30.3 Å². The topological polar surface area (TPSA) is 77.1 Å². The number of carbonyl (C=O) groups excluding carboxylic acids is 2. The summed E-state index contributed by atoms with van der Waals surface area (Å²) in [5.74, 6) is 1.49. The number of ether oxygens (including phenoxy) is 3. The molecule has 1 aliphatic heterocycles. The van der Waals surface area contributed by atoms with Gasteiger partial charge in [-0.2, -0.15) is 0 Å². The predicted octanol–water partition coefficient (Wildman–Crippen LogP) is 4.21. The molecule has 3 aromatic carbocycles. The van der Waals surface area contributed by atoms with Gasteiger partial charge in [0.05, 0.1) is 12.2 Å². The van der Waals surface area contributed by atoms with Gasteiger partial charge in [0, 0.05) is 5.69 Å². The predicted molar refractivity (Wildman–Crippen MR) is 126 cm³/mol. The Hall–Kier alpha value is -4.00. The third-order valence-electron chi connectivity index (χ3n) is 5.14. The average molecular weight is 447 g/mol. The SMILES string of the molecule is Cc1cccc(OCCN2C(=O)C(C)Oc3ccc(NC(=O)COc4ccccc4)cc32)c1. The van der Waals surface area contributed by atoms with Gasteiger partial charge in [-0.3, -0.25) is 9.59 Å². The molecule has 1 aliphatic rings. The molecule has 0 radical (unpaired) electrons. The van der Waals surface area contributed by atoms with Gasteiger partial charge in [0.1, 0.15) is 23.9 Å². The highest BCUT2D eigenvalue weighted by Crippen LogP contribution is 2.36. The van der Waals surface area contributed by atoms with Crippen LogP contribution in [0.2, 0.25) is 0 Å². The number of carbonyl (C=O) groups is 2. The molecule has 2 amide bonds. The van der Waals surface area contributed by atoms with E-state index in [2.05, 4.69) is 5.32 Å². The van der Waals surface area contributed by atoms with Gasteiger partial charge in [-0.15, -0.1) is 0 Å². The second kappa shape index (κ2) is 10.1. The van der Waals surface area contributed by atoms with Gasteiger partial charge in [0.25, 0.3) is 11.8 Å². The molecule has 170 valence electrons. The number of fused-ring (bicyclic) bond motifs is 1. The fraction of sp³-hybridized carbons (Fsp3) is 0.231. The Morgan fingerprint density at radius 1 is 1.00 bits per heavy atom. The van der Waals surface area contributed by atoms with Crippen molar-refractivity contribution in [1.82, 2.24) is 0 Å². The van der Waals surface area contributed by atoms with Crippen LogP contribution in [-0.2, 0) is 9.59 Å². The molecule has 0 aliphatic carbocycles. The second-order valence-electron chi connectivity index (χ2n) is 7.75. The highest BCUT2D eigenvalue weighted by Gasteiger charge is 2.31. The summed E-state index contributed by atoms with van der Waals surface area (Å²) in [5, 5.41) is 2.81. The van der Waals surface area contributed by atoms with Crippen LogP contribution in [0.15, 0.2) is 72.8 Å². The maximum absolute atomic E-state index is 12.8. The van der Waals surface area contributed by atoms with Crippen molar-refractivity contribution in [2.75, 3.05) is 30.0 Å². The molecular weight excluding hydrogens is 420 g/mol. The van der Waals surface area contributed by atoms with E-state index in [9.17, 15) is 9.59 Å². The largest absolute Gasteiger partial charge is 0.492 e. The summed E-state index contributed by atoms with van der Waals surface area (Å²) in [5.41, 5.74) is 2.24. The van der Waals surface area contributed by atoms with Gasteiger partial charge < -0.3 is 24.4 Å². The lowest BCUT2D eigenvalue weighted by Crippen LogP contribution is -2.46. The van der Waals surface area contributed by atoms with Crippen molar-refractivity contribution in [2.45, 2.75) is 20.0 Å². The summed E-state index contributed by atoms with van der Waals surface area (Å²) in [4.78, 5) is 26.8. The number of nitrogens with one attached hydrogen (secondary N) is 1. The third-order valence-corrected chi connectivity index (χ3v) is 5.14. The molecule has 0 spiro atoms. The van der Waals surface area contributed by atoms with E-state index >= 15 is 0 Å². The van der Waals surface area contributed by atoms with E-state index < -0.39 is 6.10 Å². The van der Waals surface area contributed by atoms with E-state index in [1.54, 1.807) is 42.2 Å². The third kappa shape index (κ3) is 5.63. The minimum atomic E-state index is -0.601. The van der Waals surface area contributed by atoms with E-state index in [1.165, 1.54) is 0 Å². The molecule has 1 unspecified atom stereocenters. The van der Waals surface area contributed by atoms with Crippen molar-refractivity contribution in [2.24, 2.45) is 0 Å². The van der Waals surface area contributed by atoms with E-state index in [-0.39, 0.29) is 18.4 Å². The van der Waals surface area contributed by atoms with Crippen LogP contribution in [0.5, 0.6) is 17.2 Å². The van der Waals surface area contributed by atoms with Crippen molar-refractivity contribution in [3.05, 3.63) is 78.4 Å². The molecule has 4 rings (SSSR count). The maximum Gasteiger partial charge on any atom is 0.267 e. The molecule has 1 heterocycles. The Balaban J connectivity index is 1.42. The molecule has 1 atom stereocenters. The van der Waals surface area contributed by atoms with Gasteiger partial charge in [-0.05, 0) is 61.9 Å². The van der Waals surface area contributed by atoms with Gasteiger partial charge in [0.2, 0.25) is 0 Å². The standard InChI is InChI=1S/C26H26N2O5/c1-18-7-6-10-22(15-18)31-14-13-28-23-16-20(11-12-24(23)33-19(2)26(28)30)27-25(29)17-32-21-8-4-3-5-9-21/h3-12,15-16,19H,13-14,17H2,1-2H3,(H,27,29). The van der Waals surface area contributed by atoms with Gasteiger partial charge in [-0.25, -0.2) is 0 Å². The maximum atomic E-state index is 12.8. The molecule has 33 heavy (non-hydrogen) atoms. The summed E-state index contributed by atoms with van der Waals surface area (Å²) in [6.07, 6.45) is -0.601. The first kappa shape index (κ1) is 22.2. The number of rotatable bonds is 8. The van der Waals surface area contributed by atoms with Crippen LogP contribution in [0.3, 0.4) is 0 Å². The number of anilines is 2. The molecule has 0 bridgehead atoms. The summed E-state index contributed by atoms with van der Waals surface area (Å²) in [6, 6.07) is 22.1. The van der Waals surface area contributed by atoms with Crippen molar-refractivity contribution in [3.63, 3.8) is 0 Å². The van der Waals surface area contributed by atoms with Crippen LogP contribution in [0.1, 0.15) is 12.5 Å². The van der Waals surface area contributed by atoms with E-state index in [0.29, 0.717) is 36.0 Å². The Morgan fingerprint density at radius 3 is 2.58 bits per heavy atom. The lowest BCUT2D eigenvalue weighted by atomic mass is 10.1. The number of amides is 2. The van der Waals surface area contributed by atoms with E-state index in [4.69, 9.17) is 14.2 Å². The Kier molecular flexibility index (Phi) is 6.78. The smallest absolute Gasteiger partial charge is 0.267 e. The highest BCUT2D eigenvalue weighted by atomic mass is 16.5. The van der Waals surface area contributed by atoms with Gasteiger partial charge in [0.15, 0.2) is 12.7 Å². The van der Waals surface area contributed by atoms with Crippen LogP contribution >= 0.6 is 0 Å². The molecule has 1 N–H and O–H groups in total. The van der Waals surface area contributed by atoms with Crippen LogP contribution < -0.4 is 24.4 Å². The minimum Gasteiger partial charge on any atom is -0.492 e. The molecule has 0 saturated carbocycles. The monoisotopic (exact) mass is 446 g/mol. The van der Waals surface area contributed by atoms with Crippen LogP contribution in [-0.4, -0.2) is 37.7 Å². The average Bonchev–Trinajstić information content (AvgIpc) is 2.81. The zero-order chi connectivity index (χ0) is 23.2. The van der Waals surface area contributed by atoms with Crippen molar-refractivity contribution in [1.29, 1.82) is 0 Å². The summed E-state index contributed by atoms with van der Waals surface area (Å²) < 4.78 is 17.1. The first-order chi connectivity index (χ1) is 16.0. The molecular formula is C26H26N2O5. The number of benzene rings is 3. The number of aryl methyl sites for hydroxylation is 1. The van der Waals surface area contributed by atoms with Crippen LogP contribution in [0.25, 0.3) is 0 Å². The number of hydrogen-bond donors (Lipinski definition) is 1. The number of nitrogens with zero attached hydrogens (tertiary/aromatic N) is 1. The number of para-hydroxylation sites is 1. The normalized spacial score (nSPS) is 14.8. The summed E-state index contributed by atoms with van der Waals surface area (Å²) in [6.45, 7) is 4.26. The molecule has 7 nitrogen and oxygen atoms in total. The Morgan fingerprint density at radius 2 is 1.79 bits per heavy atom.